The highest BCUT2D eigenvalue weighted by molar-refractivity contribution is 5.87. The van der Waals surface area contributed by atoms with E-state index in [-0.39, 0.29) is 0 Å². The summed E-state index contributed by atoms with van der Waals surface area (Å²) < 4.78 is 5.01. The zero-order valence-electron chi connectivity index (χ0n) is 12.5. The van der Waals surface area contributed by atoms with Gasteiger partial charge in [-0.3, -0.25) is 4.90 Å². The lowest BCUT2D eigenvalue weighted by molar-refractivity contribution is 0.0697. The van der Waals surface area contributed by atoms with Gasteiger partial charge in [0.1, 0.15) is 0 Å². The summed E-state index contributed by atoms with van der Waals surface area (Å²) in [6, 6.07) is 7.21. The van der Waals surface area contributed by atoms with Crippen molar-refractivity contribution in [3.8, 4) is 0 Å². The van der Waals surface area contributed by atoms with Crippen molar-refractivity contribution in [3.05, 3.63) is 47.1 Å². The lowest BCUT2D eigenvalue weighted by Crippen LogP contribution is -2.34. The molecule has 0 bridgehead atoms. The first-order chi connectivity index (χ1) is 10.6. The van der Waals surface area contributed by atoms with E-state index < -0.39 is 5.97 Å². The van der Waals surface area contributed by atoms with Crippen LogP contribution in [0.5, 0.6) is 0 Å². The number of carboxylic acid groups (broad SMARTS) is 1. The van der Waals surface area contributed by atoms with Crippen molar-refractivity contribution in [1.29, 1.82) is 0 Å². The Morgan fingerprint density at radius 1 is 1.41 bits per heavy atom. The molecule has 6 heteroatoms. The molecular formula is C16H19N3O3. The topological polar surface area (TPSA) is 79.5 Å². The van der Waals surface area contributed by atoms with Crippen molar-refractivity contribution < 1.29 is 14.4 Å². The Labute approximate surface area is 128 Å². The Morgan fingerprint density at radius 3 is 2.82 bits per heavy atom. The molecule has 1 atom stereocenters. The van der Waals surface area contributed by atoms with Crippen LogP contribution < -0.4 is 0 Å². The molecule has 0 amide bonds. The Balaban J connectivity index is 1.66. The molecule has 2 heterocycles. The minimum absolute atomic E-state index is 0.332. The molecule has 2 aromatic rings. The van der Waals surface area contributed by atoms with Crippen LogP contribution in [0.3, 0.4) is 0 Å². The van der Waals surface area contributed by atoms with Crippen molar-refractivity contribution in [2.24, 2.45) is 0 Å². The van der Waals surface area contributed by atoms with Gasteiger partial charge in [0, 0.05) is 13.5 Å². The quantitative estimate of drug-likeness (QED) is 0.934. The first-order valence-corrected chi connectivity index (χ1v) is 7.46. The van der Waals surface area contributed by atoms with Crippen molar-refractivity contribution in [1.82, 2.24) is 15.0 Å². The van der Waals surface area contributed by atoms with E-state index in [9.17, 15) is 4.79 Å². The van der Waals surface area contributed by atoms with Gasteiger partial charge in [0.2, 0.25) is 5.89 Å². The number of carbonyl (C=O) groups is 1. The number of benzene rings is 1. The second-order valence-electron chi connectivity index (χ2n) is 5.73. The SMILES string of the molecule is Cc1nc(CN2CCCC(c3ccc(C(=O)O)cc3)C2)no1. The first kappa shape index (κ1) is 14.7. The Hall–Kier alpha value is -2.21. The van der Waals surface area contributed by atoms with Crippen LogP contribution in [0, 0.1) is 6.92 Å². The van der Waals surface area contributed by atoms with Crippen LogP contribution in [0.15, 0.2) is 28.8 Å². The van der Waals surface area contributed by atoms with Gasteiger partial charge in [-0.05, 0) is 43.0 Å². The molecule has 116 valence electrons. The summed E-state index contributed by atoms with van der Waals surface area (Å²) in [4.78, 5) is 17.5. The van der Waals surface area contributed by atoms with Crippen LogP contribution in [0.1, 0.15) is 46.4 Å². The Morgan fingerprint density at radius 2 is 2.18 bits per heavy atom. The highest BCUT2D eigenvalue weighted by Gasteiger charge is 2.22. The van der Waals surface area contributed by atoms with Crippen LogP contribution in [0.25, 0.3) is 0 Å². The average molecular weight is 301 g/mol. The zero-order chi connectivity index (χ0) is 15.5. The predicted molar refractivity (Wildman–Crippen MR) is 79.7 cm³/mol. The zero-order valence-corrected chi connectivity index (χ0v) is 12.5. The number of likely N-dealkylation sites (tertiary alicyclic amines) is 1. The van der Waals surface area contributed by atoms with Crippen molar-refractivity contribution in [3.63, 3.8) is 0 Å². The number of piperidine rings is 1. The number of nitrogens with zero attached hydrogens (tertiary/aromatic N) is 3. The third-order valence-electron chi connectivity index (χ3n) is 4.07. The number of aromatic nitrogens is 2. The van der Waals surface area contributed by atoms with Gasteiger partial charge in [-0.25, -0.2) is 4.79 Å². The maximum atomic E-state index is 10.9. The van der Waals surface area contributed by atoms with Crippen LogP contribution in [0.4, 0.5) is 0 Å². The summed E-state index contributed by atoms with van der Waals surface area (Å²) in [5.41, 5.74) is 1.53. The number of aromatic carboxylic acids is 1. The minimum atomic E-state index is -0.885. The van der Waals surface area contributed by atoms with Crippen molar-refractivity contribution in [2.45, 2.75) is 32.2 Å². The molecule has 22 heavy (non-hydrogen) atoms. The molecule has 0 aliphatic carbocycles. The monoisotopic (exact) mass is 301 g/mol. The second kappa shape index (κ2) is 6.27. The third-order valence-corrected chi connectivity index (χ3v) is 4.07. The van der Waals surface area contributed by atoms with E-state index in [1.807, 2.05) is 12.1 Å². The highest BCUT2D eigenvalue weighted by Crippen LogP contribution is 2.27. The molecular weight excluding hydrogens is 282 g/mol. The number of aryl methyl sites for hydroxylation is 1. The molecule has 1 aliphatic rings. The van der Waals surface area contributed by atoms with Gasteiger partial charge in [0.05, 0.1) is 12.1 Å². The predicted octanol–water partition coefficient (Wildman–Crippen LogP) is 2.46. The summed E-state index contributed by atoms with van der Waals surface area (Å²) in [6.07, 6.45) is 2.23. The molecule has 0 spiro atoms. The molecule has 1 fully saturated rings. The summed E-state index contributed by atoms with van der Waals surface area (Å²) in [5.74, 6) is 0.848. The van der Waals surface area contributed by atoms with Gasteiger partial charge in [-0.15, -0.1) is 0 Å². The molecule has 1 aromatic carbocycles. The van der Waals surface area contributed by atoms with E-state index in [1.165, 1.54) is 5.56 Å². The maximum absolute atomic E-state index is 10.9. The van der Waals surface area contributed by atoms with Crippen molar-refractivity contribution >= 4 is 5.97 Å². The largest absolute Gasteiger partial charge is 0.478 e. The minimum Gasteiger partial charge on any atom is -0.478 e. The fourth-order valence-corrected chi connectivity index (χ4v) is 2.97. The molecule has 0 radical (unpaired) electrons. The van der Waals surface area contributed by atoms with Gasteiger partial charge in [0.15, 0.2) is 5.82 Å². The fourth-order valence-electron chi connectivity index (χ4n) is 2.97. The van der Waals surface area contributed by atoms with Gasteiger partial charge in [-0.2, -0.15) is 4.98 Å². The van der Waals surface area contributed by atoms with E-state index in [2.05, 4.69) is 15.0 Å². The standard InChI is InChI=1S/C16H19N3O3/c1-11-17-15(18-22-11)10-19-8-2-3-14(9-19)12-4-6-13(7-5-12)16(20)21/h4-7,14H,2-3,8-10H2,1H3,(H,20,21). The number of carboxylic acids is 1. The van der Waals surface area contributed by atoms with Gasteiger partial charge >= 0.3 is 5.97 Å². The van der Waals surface area contributed by atoms with E-state index >= 15 is 0 Å². The summed E-state index contributed by atoms with van der Waals surface area (Å²) >= 11 is 0. The normalized spacial score (nSPS) is 19.2. The second-order valence-corrected chi connectivity index (χ2v) is 5.73. The first-order valence-electron chi connectivity index (χ1n) is 7.46. The Bertz CT molecular complexity index is 651. The maximum Gasteiger partial charge on any atom is 0.335 e. The summed E-state index contributed by atoms with van der Waals surface area (Å²) in [6.45, 7) is 4.44. The van der Waals surface area contributed by atoms with Crippen LogP contribution in [-0.4, -0.2) is 39.2 Å². The van der Waals surface area contributed by atoms with E-state index in [1.54, 1.807) is 19.1 Å². The highest BCUT2D eigenvalue weighted by atomic mass is 16.5. The van der Waals surface area contributed by atoms with E-state index in [0.29, 0.717) is 23.9 Å². The average Bonchev–Trinajstić information content (AvgIpc) is 2.93. The molecule has 1 aromatic heterocycles. The molecule has 6 nitrogen and oxygen atoms in total. The summed E-state index contributed by atoms with van der Waals surface area (Å²) in [5, 5.41) is 12.9. The Kier molecular flexibility index (Phi) is 4.20. The van der Waals surface area contributed by atoms with Gasteiger partial charge in [-0.1, -0.05) is 17.3 Å². The van der Waals surface area contributed by atoms with Crippen LogP contribution in [0.2, 0.25) is 0 Å². The van der Waals surface area contributed by atoms with E-state index in [4.69, 9.17) is 9.63 Å². The number of hydrogen-bond donors (Lipinski definition) is 1. The molecule has 0 saturated carbocycles. The molecule has 3 rings (SSSR count). The van der Waals surface area contributed by atoms with Crippen LogP contribution in [-0.2, 0) is 6.54 Å². The fraction of sp³-hybridized carbons (Fsp3) is 0.438. The molecule has 1 aliphatic heterocycles. The molecule has 1 unspecified atom stereocenters. The van der Waals surface area contributed by atoms with Gasteiger partial charge < -0.3 is 9.63 Å². The number of hydrogen-bond acceptors (Lipinski definition) is 5. The number of rotatable bonds is 4. The molecule has 1 saturated heterocycles. The lowest BCUT2D eigenvalue weighted by atomic mass is 9.90. The lowest BCUT2D eigenvalue weighted by Gasteiger charge is -2.32. The molecule has 1 N–H and O–H groups in total. The smallest absolute Gasteiger partial charge is 0.335 e. The van der Waals surface area contributed by atoms with Crippen LogP contribution >= 0.6 is 0 Å². The van der Waals surface area contributed by atoms with Crippen molar-refractivity contribution in [2.75, 3.05) is 13.1 Å². The van der Waals surface area contributed by atoms with Gasteiger partial charge in [0.25, 0.3) is 0 Å². The van der Waals surface area contributed by atoms with E-state index in [0.717, 1.165) is 31.8 Å². The summed E-state index contributed by atoms with van der Waals surface area (Å²) in [7, 11) is 0. The third kappa shape index (κ3) is 3.33.